The van der Waals surface area contributed by atoms with E-state index in [9.17, 15) is 15.0 Å². The molecule has 2 atom stereocenters. The molecule has 2 aromatic carbocycles. The Morgan fingerprint density at radius 1 is 0.966 bits per heavy atom. The molecule has 1 aliphatic heterocycles. The van der Waals surface area contributed by atoms with E-state index in [4.69, 9.17) is 4.52 Å². The number of ketones is 1. The standard InChI is InChI=1S/C23H20N2O4/c1-12-20-21(14-4-8-17(27)9-5-14)22-18(24-23(20)29-25-12)10-15(11-19(22)28)13-2-6-16(26)7-3-13/h2-9,15,21,24,26-27H,10-11H2,1H3/t15-,21+/m0/s1. The smallest absolute Gasteiger partial charge is 0.233 e. The SMILES string of the molecule is Cc1noc2c1[C@@H](c1ccc(O)cc1)C1=C(C[C@H](c3ccc(O)cc3)CC1=O)N2. The summed E-state index contributed by atoms with van der Waals surface area (Å²) in [5, 5.41) is 26.7. The molecule has 2 aliphatic rings. The van der Waals surface area contributed by atoms with Crippen LogP contribution in [-0.2, 0) is 4.79 Å². The van der Waals surface area contributed by atoms with Crippen LogP contribution in [0.25, 0.3) is 0 Å². The molecule has 1 aromatic heterocycles. The van der Waals surface area contributed by atoms with Crippen molar-refractivity contribution in [2.24, 2.45) is 0 Å². The first-order valence-electron chi connectivity index (χ1n) is 9.58. The molecule has 1 aliphatic carbocycles. The second-order valence-corrected chi connectivity index (χ2v) is 7.67. The molecule has 146 valence electrons. The van der Waals surface area contributed by atoms with E-state index >= 15 is 0 Å². The van der Waals surface area contributed by atoms with Crippen LogP contribution in [0.3, 0.4) is 0 Å². The van der Waals surface area contributed by atoms with Gasteiger partial charge >= 0.3 is 0 Å². The summed E-state index contributed by atoms with van der Waals surface area (Å²) in [6.45, 7) is 1.87. The molecule has 5 rings (SSSR count). The second-order valence-electron chi connectivity index (χ2n) is 7.67. The third-order valence-electron chi connectivity index (χ3n) is 5.85. The zero-order valence-corrected chi connectivity index (χ0v) is 15.8. The number of phenols is 2. The molecule has 0 radical (unpaired) electrons. The van der Waals surface area contributed by atoms with Gasteiger partial charge in [-0.2, -0.15) is 0 Å². The number of hydrogen-bond donors (Lipinski definition) is 3. The van der Waals surface area contributed by atoms with Crippen LogP contribution in [-0.4, -0.2) is 21.2 Å². The summed E-state index contributed by atoms with van der Waals surface area (Å²) in [5.74, 6) is 0.795. The van der Waals surface area contributed by atoms with Crippen molar-refractivity contribution in [3.8, 4) is 11.5 Å². The maximum atomic E-state index is 13.3. The summed E-state index contributed by atoms with van der Waals surface area (Å²) in [6, 6.07) is 14.0. The molecule has 2 heterocycles. The third kappa shape index (κ3) is 2.88. The van der Waals surface area contributed by atoms with Crippen LogP contribution < -0.4 is 5.32 Å². The molecule has 3 aromatic rings. The van der Waals surface area contributed by atoms with E-state index in [1.807, 2.05) is 31.2 Å². The highest BCUT2D eigenvalue weighted by atomic mass is 16.5. The number of rotatable bonds is 2. The minimum absolute atomic E-state index is 0.0281. The van der Waals surface area contributed by atoms with E-state index in [1.54, 1.807) is 24.3 Å². The predicted molar refractivity (Wildman–Crippen MR) is 107 cm³/mol. The van der Waals surface area contributed by atoms with Gasteiger partial charge < -0.3 is 20.1 Å². The molecule has 6 nitrogen and oxygen atoms in total. The summed E-state index contributed by atoms with van der Waals surface area (Å²) in [4.78, 5) is 13.3. The summed E-state index contributed by atoms with van der Waals surface area (Å²) in [7, 11) is 0. The van der Waals surface area contributed by atoms with Gasteiger partial charge in [-0.3, -0.25) is 4.79 Å². The largest absolute Gasteiger partial charge is 0.508 e. The molecular weight excluding hydrogens is 368 g/mol. The van der Waals surface area contributed by atoms with Crippen molar-refractivity contribution in [1.82, 2.24) is 5.16 Å². The van der Waals surface area contributed by atoms with Crippen molar-refractivity contribution in [3.63, 3.8) is 0 Å². The Hall–Kier alpha value is -3.54. The fourth-order valence-electron chi connectivity index (χ4n) is 4.45. The number of aromatic hydroxyl groups is 2. The minimum atomic E-state index is -0.277. The summed E-state index contributed by atoms with van der Waals surface area (Å²) < 4.78 is 5.51. The van der Waals surface area contributed by atoms with Gasteiger partial charge in [-0.1, -0.05) is 29.4 Å². The summed E-state index contributed by atoms with van der Waals surface area (Å²) >= 11 is 0. The molecule has 0 saturated carbocycles. The first-order valence-corrected chi connectivity index (χ1v) is 9.58. The van der Waals surface area contributed by atoms with Crippen LogP contribution in [0.2, 0.25) is 0 Å². The average molecular weight is 388 g/mol. The number of carbonyl (C=O) groups is 1. The number of benzene rings is 2. The zero-order chi connectivity index (χ0) is 20.1. The summed E-state index contributed by atoms with van der Waals surface area (Å²) in [6.07, 6.45) is 1.07. The molecule has 0 bridgehead atoms. The van der Waals surface area contributed by atoms with Crippen LogP contribution in [0.15, 0.2) is 64.3 Å². The number of nitrogens with one attached hydrogen (secondary N) is 1. The van der Waals surface area contributed by atoms with Crippen LogP contribution in [0, 0.1) is 6.92 Å². The molecule has 0 saturated heterocycles. The first-order chi connectivity index (χ1) is 14.0. The number of aryl methyl sites for hydroxylation is 1. The molecule has 0 unspecified atom stereocenters. The number of allylic oxidation sites excluding steroid dienone is 2. The van der Waals surface area contributed by atoms with Gasteiger partial charge in [0.15, 0.2) is 5.78 Å². The highest BCUT2D eigenvalue weighted by Gasteiger charge is 2.41. The molecule has 29 heavy (non-hydrogen) atoms. The molecule has 0 spiro atoms. The van der Waals surface area contributed by atoms with Crippen molar-refractivity contribution in [2.45, 2.75) is 31.6 Å². The lowest BCUT2D eigenvalue weighted by Gasteiger charge is -2.34. The third-order valence-corrected chi connectivity index (χ3v) is 5.85. The van der Waals surface area contributed by atoms with Crippen molar-refractivity contribution in [3.05, 3.63) is 82.2 Å². The van der Waals surface area contributed by atoms with Crippen molar-refractivity contribution in [2.75, 3.05) is 5.32 Å². The van der Waals surface area contributed by atoms with E-state index in [2.05, 4.69) is 10.5 Å². The van der Waals surface area contributed by atoms with Gasteiger partial charge in [0.25, 0.3) is 0 Å². The van der Waals surface area contributed by atoms with E-state index in [0.29, 0.717) is 18.7 Å². The van der Waals surface area contributed by atoms with Crippen molar-refractivity contribution < 1.29 is 19.5 Å². The fraction of sp³-hybridized carbons (Fsp3) is 0.217. The number of nitrogens with zero attached hydrogens (tertiary/aromatic N) is 1. The van der Waals surface area contributed by atoms with E-state index in [0.717, 1.165) is 33.7 Å². The Kier molecular flexibility index (Phi) is 3.94. The molecule has 0 amide bonds. The predicted octanol–water partition coefficient (Wildman–Crippen LogP) is 4.35. The topological polar surface area (TPSA) is 95.6 Å². The Morgan fingerprint density at radius 3 is 2.24 bits per heavy atom. The molecule has 3 N–H and O–H groups in total. The lowest BCUT2D eigenvalue weighted by Crippen LogP contribution is -2.29. The van der Waals surface area contributed by atoms with Gasteiger partial charge in [0.2, 0.25) is 5.88 Å². The van der Waals surface area contributed by atoms with Crippen molar-refractivity contribution in [1.29, 1.82) is 0 Å². The Bertz CT molecular complexity index is 1130. The number of Topliss-reactive ketones (excluding diaryl/α,β-unsaturated/α-hetero) is 1. The Balaban J connectivity index is 1.61. The van der Waals surface area contributed by atoms with Crippen LogP contribution in [0.4, 0.5) is 5.88 Å². The van der Waals surface area contributed by atoms with Crippen molar-refractivity contribution >= 4 is 11.7 Å². The highest BCUT2D eigenvalue weighted by Crippen LogP contribution is 2.49. The number of fused-ring (bicyclic) bond motifs is 1. The van der Waals surface area contributed by atoms with Crippen LogP contribution >= 0.6 is 0 Å². The van der Waals surface area contributed by atoms with E-state index < -0.39 is 0 Å². The maximum Gasteiger partial charge on any atom is 0.233 e. The minimum Gasteiger partial charge on any atom is -0.508 e. The molecule has 6 heteroatoms. The monoisotopic (exact) mass is 388 g/mol. The molecular formula is C23H20N2O4. The first kappa shape index (κ1) is 17.6. The quantitative estimate of drug-likeness (QED) is 0.604. The van der Waals surface area contributed by atoms with Gasteiger partial charge in [0.1, 0.15) is 11.5 Å². The van der Waals surface area contributed by atoms with Gasteiger partial charge in [0, 0.05) is 23.6 Å². The Morgan fingerprint density at radius 2 is 1.59 bits per heavy atom. The van der Waals surface area contributed by atoms with Gasteiger partial charge in [-0.15, -0.1) is 0 Å². The number of anilines is 1. The lowest BCUT2D eigenvalue weighted by molar-refractivity contribution is -0.116. The van der Waals surface area contributed by atoms with Gasteiger partial charge in [-0.05, 0) is 54.7 Å². The number of aromatic nitrogens is 1. The maximum absolute atomic E-state index is 13.3. The van der Waals surface area contributed by atoms with Crippen LogP contribution in [0.1, 0.15) is 47.1 Å². The zero-order valence-electron chi connectivity index (χ0n) is 15.8. The van der Waals surface area contributed by atoms with Gasteiger partial charge in [0.05, 0.1) is 11.3 Å². The second kappa shape index (κ2) is 6.51. The van der Waals surface area contributed by atoms with Crippen LogP contribution in [0.5, 0.6) is 11.5 Å². The number of carbonyl (C=O) groups excluding carboxylic acids is 1. The summed E-state index contributed by atoms with van der Waals surface area (Å²) in [5.41, 5.74) is 5.13. The van der Waals surface area contributed by atoms with E-state index in [1.165, 1.54) is 0 Å². The number of hydrogen-bond acceptors (Lipinski definition) is 6. The highest BCUT2D eigenvalue weighted by molar-refractivity contribution is 6.01. The lowest BCUT2D eigenvalue weighted by atomic mass is 9.72. The normalized spacial score (nSPS) is 20.8. The van der Waals surface area contributed by atoms with E-state index in [-0.39, 0.29) is 29.1 Å². The average Bonchev–Trinajstić information content (AvgIpc) is 3.08. The number of phenolic OH excluding ortho intramolecular Hbond substituents is 2. The fourth-order valence-corrected chi connectivity index (χ4v) is 4.45. The Labute approximate surface area is 167 Å². The van der Waals surface area contributed by atoms with Gasteiger partial charge in [-0.25, -0.2) is 0 Å². The molecule has 0 fully saturated rings.